The van der Waals surface area contributed by atoms with Gasteiger partial charge in [0.2, 0.25) is 0 Å². The third-order valence-corrected chi connectivity index (χ3v) is 2.52. The molecule has 0 aliphatic carbocycles. The first-order chi connectivity index (χ1) is 7.06. The second-order valence-electron chi connectivity index (χ2n) is 4.11. The highest BCUT2D eigenvalue weighted by Gasteiger charge is 2.08. The quantitative estimate of drug-likeness (QED) is 0.823. The molecule has 84 valence electrons. The molecule has 0 bridgehead atoms. The monoisotopic (exact) mass is 207 g/mol. The molecule has 1 atom stereocenters. The molecule has 0 fully saturated rings. The highest BCUT2D eigenvalue weighted by Crippen LogP contribution is 2.25. The molecular formula is C13H21NO. The third kappa shape index (κ3) is 2.96. The Morgan fingerprint density at radius 1 is 1.27 bits per heavy atom. The van der Waals surface area contributed by atoms with Gasteiger partial charge in [0.15, 0.2) is 0 Å². The van der Waals surface area contributed by atoms with E-state index in [4.69, 9.17) is 10.5 Å². The normalized spacial score (nSPS) is 12.6. The molecule has 0 saturated carbocycles. The molecule has 1 aromatic rings. The lowest BCUT2D eigenvalue weighted by atomic mass is 10.00. The highest BCUT2D eigenvalue weighted by molar-refractivity contribution is 5.42. The van der Waals surface area contributed by atoms with Crippen LogP contribution in [0.1, 0.15) is 43.0 Å². The summed E-state index contributed by atoms with van der Waals surface area (Å²) >= 11 is 0. The highest BCUT2D eigenvalue weighted by atomic mass is 16.5. The summed E-state index contributed by atoms with van der Waals surface area (Å²) in [5.41, 5.74) is 9.48. The van der Waals surface area contributed by atoms with Gasteiger partial charge in [0.25, 0.3) is 0 Å². The fourth-order valence-electron chi connectivity index (χ4n) is 1.67. The maximum absolute atomic E-state index is 5.89. The summed E-state index contributed by atoms with van der Waals surface area (Å²) in [6.07, 6.45) is 1.04. The van der Waals surface area contributed by atoms with Crippen molar-refractivity contribution in [2.45, 2.75) is 40.2 Å². The minimum atomic E-state index is 0.0870. The van der Waals surface area contributed by atoms with Gasteiger partial charge in [-0.2, -0.15) is 0 Å². The average molecular weight is 207 g/mol. The van der Waals surface area contributed by atoms with E-state index < -0.39 is 0 Å². The molecule has 0 radical (unpaired) electrons. The minimum Gasteiger partial charge on any atom is -0.493 e. The Labute approximate surface area is 92.4 Å². The van der Waals surface area contributed by atoms with Crippen LogP contribution in [-0.4, -0.2) is 6.61 Å². The number of hydrogen-bond acceptors (Lipinski definition) is 2. The first kappa shape index (κ1) is 12.1. The number of rotatable bonds is 4. The van der Waals surface area contributed by atoms with Crippen LogP contribution in [0.3, 0.4) is 0 Å². The zero-order valence-electron chi connectivity index (χ0n) is 10.1. The summed E-state index contributed by atoms with van der Waals surface area (Å²) in [7, 11) is 0. The van der Waals surface area contributed by atoms with Gasteiger partial charge < -0.3 is 10.5 Å². The van der Waals surface area contributed by atoms with Crippen LogP contribution in [0.25, 0.3) is 0 Å². The molecular weight excluding hydrogens is 186 g/mol. The van der Waals surface area contributed by atoms with Gasteiger partial charge in [-0.15, -0.1) is 0 Å². The fraction of sp³-hybridized carbons (Fsp3) is 0.538. The van der Waals surface area contributed by atoms with Gasteiger partial charge in [-0.25, -0.2) is 0 Å². The first-order valence-corrected chi connectivity index (χ1v) is 5.55. The van der Waals surface area contributed by atoms with Crippen molar-refractivity contribution in [3.63, 3.8) is 0 Å². The summed E-state index contributed by atoms with van der Waals surface area (Å²) in [5, 5.41) is 0. The summed E-state index contributed by atoms with van der Waals surface area (Å²) in [6, 6.07) is 4.30. The Bertz CT molecular complexity index is 332. The van der Waals surface area contributed by atoms with E-state index in [0.717, 1.165) is 18.8 Å². The van der Waals surface area contributed by atoms with E-state index in [0.29, 0.717) is 0 Å². The molecule has 0 saturated heterocycles. The number of nitrogens with two attached hydrogens (primary N) is 1. The number of ether oxygens (including phenoxy) is 1. The van der Waals surface area contributed by atoms with Gasteiger partial charge >= 0.3 is 0 Å². The van der Waals surface area contributed by atoms with Crippen LogP contribution in [0.4, 0.5) is 0 Å². The van der Waals surface area contributed by atoms with Crippen molar-refractivity contribution >= 4 is 0 Å². The van der Waals surface area contributed by atoms with Crippen LogP contribution >= 0.6 is 0 Å². The molecule has 0 spiro atoms. The fourth-order valence-corrected chi connectivity index (χ4v) is 1.67. The lowest BCUT2D eigenvalue weighted by Crippen LogP contribution is -2.08. The van der Waals surface area contributed by atoms with E-state index in [-0.39, 0.29) is 6.04 Å². The van der Waals surface area contributed by atoms with E-state index in [1.165, 1.54) is 16.7 Å². The molecule has 0 aliphatic rings. The van der Waals surface area contributed by atoms with Gasteiger partial charge in [0.05, 0.1) is 6.61 Å². The molecule has 0 amide bonds. The topological polar surface area (TPSA) is 35.2 Å². The van der Waals surface area contributed by atoms with Crippen LogP contribution < -0.4 is 10.5 Å². The predicted octanol–water partition coefficient (Wildman–Crippen LogP) is 3.11. The zero-order valence-corrected chi connectivity index (χ0v) is 10.1. The maximum Gasteiger partial charge on any atom is 0.122 e. The standard InChI is InChI=1S/C13H21NO/c1-5-6-15-13-8-9(2)12(11(4)14)7-10(13)3/h7-8,11H,5-6,14H2,1-4H3. The molecule has 0 aromatic heterocycles. The molecule has 15 heavy (non-hydrogen) atoms. The lowest BCUT2D eigenvalue weighted by Gasteiger charge is -2.15. The van der Waals surface area contributed by atoms with E-state index in [9.17, 15) is 0 Å². The van der Waals surface area contributed by atoms with Gasteiger partial charge in [-0.1, -0.05) is 13.0 Å². The Hall–Kier alpha value is -1.02. The SMILES string of the molecule is CCCOc1cc(C)c(C(C)N)cc1C. The van der Waals surface area contributed by atoms with Crippen molar-refractivity contribution in [2.24, 2.45) is 5.73 Å². The lowest BCUT2D eigenvalue weighted by molar-refractivity contribution is 0.315. The molecule has 0 aliphatic heterocycles. The number of aryl methyl sites for hydroxylation is 2. The third-order valence-electron chi connectivity index (χ3n) is 2.52. The largest absolute Gasteiger partial charge is 0.493 e. The van der Waals surface area contributed by atoms with E-state index in [1.54, 1.807) is 0 Å². The molecule has 2 nitrogen and oxygen atoms in total. The maximum atomic E-state index is 5.89. The second-order valence-corrected chi connectivity index (χ2v) is 4.11. The number of benzene rings is 1. The summed E-state index contributed by atoms with van der Waals surface area (Å²) in [5.74, 6) is 0.985. The van der Waals surface area contributed by atoms with Crippen molar-refractivity contribution in [1.82, 2.24) is 0 Å². The Morgan fingerprint density at radius 2 is 1.93 bits per heavy atom. The first-order valence-electron chi connectivity index (χ1n) is 5.55. The van der Waals surface area contributed by atoms with Crippen molar-refractivity contribution in [1.29, 1.82) is 0 Å². The second kappa shape index (κ2) is 5.17. The Kier molecular flexibility index (Phi) is 4.15. The van der Waals surface area contributed by atoms with Gasteiger partial charge in [0, 0.05) is 6.04 Å². The molecule has 2 N–H and O–H groups in total. The molecule has 0 heterocycles. The average Bonchev–Trinajstić information content (AvgIpc) is 2.18. The van der Waals surface area contributed by atoms with E-state index in [1.807, 2.05) is 6.92 Å². The summed E-state index contributed by atoms with van der Waals surface area (Å²) < 4.78 is 5.66. The van der Waals surface area contributed by atoms with Crippen molar-refractivity contribution in [3.8, 4) is 5.75 Å². The van der Waals surface area contributed by atoms with Crippen LogP contribution in [-0.2, 0) is 0 Å². The molecule has 1 aromatic carbocycles. The van der Waals surface area contributed by atoms with Crippen LogP contribution in [0.5, 0.6) is 5.75 Å². The van der Waals surface area contributed by atoms with E-state index in [2.05, 4.69) is 32.9 Å². The molecule has 2 heteroatoms. The molecule has 1 rings (SSSR count). The van der Waals surface area contributed by atoms with E-state index >= 15 is 0 Å². The summed E-state index contributed by atoms with van der Waals surface area (Å²) in [4.78, 5) is 0. The summed E-state index contributed by atoms with van der Waals surface area (Å²) in [6.45, 7) is 9.04. The van der Waals surface area contributed by atoms with Gasteiger partial charge in [-0.3, -0.25) is 0 Å². The van der Waals surface area contributed by atoms with Crippen LogP contribution in [0, 0.1) is 13.8 Å². The van der Waals surface area contributed by atoms with Crippen LogP contribution in [0.2, 0.25) is 0 Å². The van der Waals surface area contributed by atoms with Crippen LogP contribution in [0.15, 0.2) is 12.1 Å². The Morgan fingerprint density at radius 3 is 2.47 bits per heavy atom. The zero-order chi connectivity index (χ0) is 11.4. The smallest absolute Gasteiger partial charge is 0.122 e. The van der Waals surface area contributed by atoms with Gasteiger partial charge in [-0.05, 0) is 49.9 Å². The Balaban J connectivity index is 2.97. The predicted molar refractivity (Wildman–Crippen MR) is 64.3 cm³/mol. The van der Waals surface area contributed by atoms with Crippen molar-refractivity contribution in [3.05, 3.63) is 28.8 Å². The number of hydrogen-bond donors (Lipinski definition) is 1. The van der Waals surface area contributed by atoms with Crippen molar-refractivity contribution < 1.29 is 4.74 Å². The molecule has 1 unspecified atom stereocenters. The minimum absolute atomic E-state index is 0.0870. The van der Waals surface area contributed by atoms with Crippen molar-refractivity contribution in [2.75, 3.05) is 6.61 Å². The van der Waals surface area contributed by atoms with Gasteiger partial charge in [0.1, 0.15) is 5.75 Å².